The van der Waals surface area contributed by atoms with Crippen LogP contribution in [0.1, 0.15) is 13.8 Å². The zero-order valence-corrected chi connectivity index (χ0v) is 5.18. The Balaban J connectivity index is 2.44. The molecule has 0 radical (unpaired) electrons. The van der Waals surface area contributed by atoms with Crippen LogP contribution < -0.4 is 5.73 Å². The summed E-state index contributed by atoms with van der Waals surface area (Å²) in [4.78, 5) is 0. The summed E-state index contributed by atoms with van der Waals surface area (Å²) >= 11 is 0. The van der Waals surface area contributed by atoms with Crippen molar-refractivity contribution in [3.8, 4) is 0 Å². The molecule has 1 rings (SSSR count). The minimum Gasteiger partial charge on any atom is -0.346 e. The molecule has 0 aromatic heterocycles. The van der Waals surface area contributed by atoms with Gasteiger partial charge in [0.15, 0.2) is 5.79 Å². The quantitative estimate of drug-likeness (QED) is 0.487. The van der Waals surface area contributed by atoms with Gasteiger partial charge in [-0.05, 0) is 13.8 Å². The van der Waals surface area contributed by atoms with Crippen molar-refractivity contribution in [1.82, 2.24) is 0 Å². The molecule has 48 valence electrons. The van der Waals surface area contributed by atoms with Gasteiger partial charge < -0.3 is 15.2 Å². The third kappa shape index (κ3) is 1.18. The molecule has 1 aliphatic rings. The Morgan fingerprint density at radius 2 is 2.25 bits per heavy atom. The summed E-state index contributed by atoms with van der Waals surface area (Å²) in [5.41, 5.74) is 5.36. The maximum Gasteiger partial charge on any atom is 0.165 e. The van der Waals surface area contributed by atoms with Crippen molar-refractivity contribution in [2.45, 2.75) is 25.9 Å². The molecule has 2 N–H and O–H groups in total. The highest BCUT2D eigenvalue weighted by atomic mass is 16.7. The molecule has 8 heavy (non-hydrogen) atoms. The van der Waals surface area contributed by atoms with Gasteiger partial charge in [-0.15, -0.1) is 0 Å². The smallest absolute Gasteiger partial charge is 0.165 e. The highest BCUT2D eigenvalue weighted by Gasteiger charge is 2.29. The van der Waals surface area contributed by atoms with E-state index in [1.165, 1.54) is 0 Å². The van der Waals surface area contributed by atoms with Crippen LogP contribution in [-0.2, 0) is 9.47 Å². The molecular formula is C5H11NO2. The fourth-order valence-corrected chi connectivity index (χ4v) is 0.715. The second-order valence-corrected chi connectivity index (χ2v) is 2.37. The van der Waals surface area contributed by atoms with Crippen LogP contribution in [0.3, 0.4) is 0 Å². The van der Waals surface area contributed by atoms with Crippen LogP contribution in [0.5, 0.6) is 0 Å². The molecular weight excluding hydrogens is 106 g/mol. The lowest BCUT2D eigenvalue weighted by molar-refractivity contribution is -0.137. The van der Waals surface area contributed by atoms with Crippen molar-refractivity contribution in [2.24, 2.45) is 5.73 Å². The maximum absolute atomic E-state index is 5.36. The summed E-state index contributed by atoms with van der Waals surface area (Å²) in [5, 5.41) is 0. The van der Waals surface area contributed by atoms with Gasteiger partial charge in [0.05, 0.1) is 6.61 Å². The molecule has 0 aromatic carbocycles. The minimum absolute atomic E-state index is 0.231. The third-order valence-electron chi connectivity index (χ3n) is 1.03. The molecule has 1 heterocycles. The molecule has 0 amide bonds. The standard InChI is InChI=1S/C5H11NO2/c1-5(2)7-3-4(6)8-5/h4H,3,6H2,1-2H3/t4-/m1/s1. The van der Waals surface area contributed by atoms with Crippen LogP contribution in [0, 0.1) is 0 Å². The highest BCUT2D eigenvalue weighted by molar-refractivity contribution is 4.64. The van der Waals surface area contributed by atoms with Crippen molar-refractivity contribution < 1.29 is 9.47 Å². The van der Waals surface area contributed by atoms with E-state index in [-0.39, 0.29) is 6.23 Å². The third-order valence-corrected chi connectivity index (χ3v) is 1.03. The predicted octanol–water partition coefficient (Wildman–Crippen LogP) is 0.0541. The molecule has 1 saturated heterocycles. The van der Waals surface area contributed by atoms with Crippen LogP contribution in [0.4, 0.5) is 0 Å². The first kappa shape index (κ1) is 6.01. The van der Waals surface area contributed by atoms with Crippen molar-refractivity contribution in [3.63, 3.8) is 0 Å². The fourth-order valence-electron chi connectivity index (χ4n) is 0.715. The lowest BCUT2D eigenvalue weighted by Gasteiger charge is -2.14. The number of hydrogen-bond acceptors (Lipinski definition) is 3. The Kier molecular flexibility index (Phi) is 1.27. The summed E-state index contributed by atoms with van der Waals surface area (Å²) in [5.74, 6) is -0.459. The van der Waals surface area contributed by atoms with Crippen molar-refractivity contribution in [3.05, 3.63) is 0 Å². The Morgan fingerprint density at radius 1 is 1.62 bits per heavy atom. The van der Waals surface area contributed by atoms with Crippen LogP contribution in [0.15, 0.2) is 0 Å². The first-order valence-corrected chi connectivity index (χ1v) is 2.67. The summed E-state index contributed by atoms with van der Waals surface area (Å²) in [6, 6.07) is 0. The summed E-state index contributed by atoms with van der Waals surface area (Å²) in [7, 11) is 0. The van der Waals surface area contributed by atoms with E-state index in [0.717, 1.165) is 0 Å². The summed E-state index contributed by atoms with van der Waals surface area (Å²) in [6.07, 6.45) is -0.231. The Bertz CT molecular complexity index is 92.4. The normalized spacial score (nSPS) is 35.6. The number of hydrogen-bond donors (Lipinski definition) is 1. The Morgan fingerprint density at radius 3 is 2.38 bits per heavy atom. The van der Waals surface area contributed by atoms with E-state index in [0.29, 0.717) is 6.61 Å². The van der Waals surface area contributed by atoms with Gasteiger partial charge in [-0.25, -0.2) is 0 Å². The zero-order chi connectivity index (χ0) is 6.20. The second kappa shape index (κ2) is 1.69. The van der Waals surface area contributed by atoms with Crippen molar-refractivity contribution >= 4 is 0 Å². The lowest BCUT2D eigenvalue weighted by Crippen LogP contribution is -2.26. The first-order valence-electron chi connectivity index (χ1n) is 2.67. The topological polar surface area (TPSA) is 44.5 Å². The highest BCUT2D eigenvalue weighted by Crippen LogP contribution is 2.18. The molecule has 1 atom stereocenters. The van der Waals surface area contributed by atoms with Gasteiger partial charge in [0, 0.05) is 0 Å². The summed E-state index contributed by atoms with van der Waals surface area (Å²) in [6.45, 7) is 4.20. The zero-order valence-electron chi connectivity index (χ0n) is 5.18. The van der Waals surface area contributed by atoms with E-state index in [1.54, 1.807) is 0 Å². The van der Waals surface area contributed by atoms with Crippen molar-refractivity contribution in [2.75, 3.05) is 6.61 Å². The van der Waals surface area contributed by atoms with Gasteiger partial charge in [0.2, 0.25) is 0 Å². The largest absolute Gasteiger partial charge is 0.346 e. The number of ether oxygens (including phenoxy) is 2. The molecule has 0 unspecified atom stereocenters. The number of nitrogens with two attached hydrogens (primary N) is 1. The molecule has 1 fully saturated rings. The molecule has 0 bridgehead atoms. The van der Waals surface area contributed by atoms with E-state index in [2.05, 4.69) is 0 Å². The summed E-state index contributed by atoms with van der Waals surface area (Å²) < 4.78 is 10.2. The molecule has 0 spiro atoms. The number of rotatable bonds is 0. The maximum atomic E-state index is 5.36. The van der Waals surface area contributed by atoms with Crippen LogP contribution in [-0.4, -0.2) is 18.6 Å². The van der Waals surface area contributed by atoms with E-state index in [4.69, 9.17) is 15.2 Å². The Labute approximate surface area is 48.8 Å². The average molecular weight is 117 g/mol. The van der Waals surface area contributed by atoms with Gasteiger partial charge in [-0.3, -0.25) is 0 Å². The first-order chi connectivity index (χ1) is 3.60. The SMILES string of the molecule is CC1(C)OC[C@H](N)O1. The van der Waals surface area contributed by atoms with E-state index < -0.39 is 5.79 Å². The van der Waals surface area contributed by atoms with Gasteiger partial charge >= 0.3 is 0 Å². The van der Waals surface area contributed by atoms with Gasteiger partial charge in [0.1, 0.15) is 6.23 Å². The van der Waals surface area contributed by atoms with Crippen molar-refractivity contribution in [1.29, 1.82) is 0 Å². The molecule has 0 aromatic rings. The second-order valence-electron chi connectivity index (χ2n) is 2.37. The van der Waals surface area contributed by atoms with E-state index >= 15 is 0 Å². The van der Waals surface area contributed by atoms with Crippen LogP contribution in [0.2, 0.25) is 0 Å². The monoisotopic (exact) mass is 117 g/mol. The molecule has 0 saturated carbocycles. The molecule has 1 aliphatic heterocycles. The fraction of sp³-hybridized carbons (Fsp3) is 1.00. The lowest BCUT2D eigenvalue weighted by atomic mass is 10.4. The molecule has 0 aliphatic carbocycles. The average Bonchev–Trinajstić information content (AvgIpc) is 1.82. The minimum atomic E-state index is -0.459. The Hall–Kier alpha value is -0.120. The molecule has 3 nitrogen and oxygen atoms in total. The van der Waals surface area contributed by atoms with Crippen LogP contribution >= 0.6 is 0 Å². The van der Waals surface area contributed by atoms with Gasteiger partial charge in [-0.1, -0.05) is 0 Å². The van der Waals surface area contributed by atoms with Gasteiger partial charge in [-0.2, -0.15) is 0 Å². The van der Waals surface area contributed by atoms with Gasteiger partial charge in [0.25, 0.3) is 0 Å². The van der Waals surface area contributed by atoms with Crippen LogP contribution in [0.25, 0.3) is 0 Å². The molecule has 3 heteroatoms. The van der Waals surface area contributed by atoms with E-state index in [1.807, 2.05) is 13.8 Å². The van der Waals surface area contributed by atoms with E-state index in [9.17, 15) is 0 Å². The predicted molar refractivity (Wildman–Crippen MR) is 29.1 cm³/mol.